The summed E-state index contributed by atoms with van der Waals surface area (Å²) in [5.74, 6) is 0.0660. The highest BCUT2D eigenvalue weighted by molar-refractivity contribution is 9.26. The van der Waals surface area contributed by atoms with Gasteiger partial charge in [-0.05, 0) is 35.6 Å². The molecule has 4 nitrogen and oxygen atoms in total. The molecule has 0 aromatic heterocycles. The van der Waals surface area contributed by atoms with E-state index in [4.69, 9.17) is 32.7 Å². The normalized spacial score (nSPS) is 21.8. The minimum atomic E-state index is -1.06. The Bertz CT molecular complexity index is 957. The number of esters is 1. The van der Waals surface area contributed by atoms with E-state index in [9.17, 15) is 10.1 Å². The lowest BCUT2D eigenvalue weighted by atomic mass is 10.1. The standard InChI is InChI=1S/C22H19Br2Cl2NO3/c1-21(2)17(19(25)22(23,24)26)18(21)20(28)30-16(12-27)13-7-6-10-15(11-13)29-14-8-4-3-5-9-14/h3-11,16-19H,1-2H3/t16-,17-,18+,19?/m1/s1. The van der Waals surface area contributed by atoms with Gasteiger partial charge in [0.1, 0.15) is 17.6 Å². The summed E-state index contributed by atoms with van der Waals surface area (Å²) >= 11 is 19.2. The first-order chi connectivity index (χ1) is 14.1. The van der Waals surface area contributed by atoms with Crippen molar-refractivity contribution in [3.05, 3.63) is 60.2 Å². The van der Waals surface area contributed by atoms with Gasteiger partial charge in [0.15, 0.2) is 2.69 Å². The first-order valence-corrected chi connectivity index (χ1v) is 11.6. The van der Waals surface area contributed by atoms with E-state index in [2.05, 4.69) is 31.9 Å². The molecule has 2 aromatic carbocycles. The van der Waals surface area contributed by atoms with E-state index in [1.807, 2.05) is 50.2 Å². The van der Waals surface area contributed by atoms with Crippen molar-refractivity contribution in [2.45, 2.75) is 28.0 Å². The van der Waals surface area contributed by atoms with Crippen LogP contribution in [-0.4, -0.2) is 14.0 Å². The number of hydrogen-bond donors (Lipinski definition) is 0. The number of ether oxygens (including phenoxy) is 2. The third kappa shape index (κ3) is 5.13. The van der Waals surface area contributed by atoms with Gasteiger partial charge in [-0.3, -0.25) is 4.79 Å². The predicted octanol–water partition coefficient (Wildman–Crippen LogP) is 7.15. The molecule has 0 aliphatic heterocycles. The number of benzene rings is 2. The van der Waals surface area contributed by atoms with Gasteiger partial charge < -0.3 is 9.47 Å². The molecule has 2 aromatic rings. The zero-order chi connectivity index (χ0) is 22.1. The third-order valence-electron chi connectivity index (χ3n) is 5.28. The van der Waals surface area contributed by atoms with Crippen molar-refractivity contribution in [1.29, 1.82) is 5.26 Å². The van der Waals surface area contributed by atoms with Gasteiger partial charge in [-0.15, -0.1) is 11.6 Å². The quantitative estimate of drug-likeness (QED) is 0.260. The lowest BCUT2D eigenvalue weighted by Crippen LogP contribution is -2.24. The maximum atomic E-state index is 12.8. The molecule has 0 saturated heterocycles. The molecule has 158 valence electrons. The Balaban J connectivity index is 1.72. The van der Waals surface area contributed by atoms with Gasteiger partial charge in [-0.25, -0.2) is 0 Å². The van der Waals surface area contributed by atoms with Gasteiger partial charge in [0.05, 0.1) is 11.3 Å². The molecule has 4 atom stereocenters. The molecule has 1 aliphatic carbocycles. The van der Waals surface area contributed by atoms with E-state index >= 15 is 0 Å². The van der Waals surface area contributed by atoms with Gasteiger partial charge in [0.2, 0.25) is 6.10 Å². The molecule has 0 spiro atoms. The van der Waals surface area contributed by atoms with Crippen LogP contribution in [0.15, 0.2) is 54.6 Å². The molecule has 1 aliphatic rings. The second kappa shape index (κ2) is 9.08. The number of alkyl halides is 4. The Morgan fingerprint density at radius 3 is 2.40 bits per heavy atom. The lowest BCUT2D eigenvalue weighted by Gasteiger charge is -2.20. The Kier molecular flexibility index (Phi) is 7.08. The molecule has 1 saturated carbocycles. The largest absolute Gasteiger partial charge is 0.457 e. The Hall–Kier alpha value is -1.26. The highest BCUT2D eigenvalue weighted by Gasteiger charge is 2.68. The predicted molar refractivity (Wildman–Crippen MR) is 124 cm³/mol. The maximum Gasteiger partial charge on any atom is 0.311 e. The first kappa shape index (κ1) is 23.4. The zero-order valence-corrected chi connectivity index (χ0v) is 20.9. The number of nitrogens with zero attached hydrogens (tertiary/aromatic N) is 1. The van der Waals surface area contributed by atoms with E-state index in [1.165, 1.54) is 0 Å². The van der Waals surface area contributed by atoms with Crippen LogP contribution in [0.2, 0.25) is 0 Å². The minimum Gasteiger partial charge on any atom is -0.457 e. The van der Waals surface area contributed by atoms with Crippen LogP contribution in [0.1, 0.15) is 25.5 Å². The summed E-state index contributed by atoms with van der Waals surface area (Å²) in [4.78, 5) is 12.8. The summed E-state index contributed by atoms with van der Waals surface area (Å²) in [6.45, 7) is 3.86. The Morgan fingerprint density at radius 1 is 1.17 bits per heavy atom. The molecule has 30 heavy (non-hydrogen) atoms. The number of carbonyl (C=O) groups excluding carboxylic acids is 1. The fourth-order valence-corrected chi connectivity index (χ4v) is 4.78. The minimum absolute atomic E-state index is 0.213. The second-order valence-electron chi connectivity index (χ2n) is 7.70. The van der Waals surface area contributed by atoms with E-state index in [0.717, 1.165) is 0 Å². The molecule has 1 unspecified atom stereocenters. The van der Waals surface area contributed by atoms with E-state index in [1.54, 1.807) is 24.3 Å². The SMILES string of the molecule is CC1(C)[C@H](C(=O)O[C@H](C#N)c2cccc(Oc3ccccc3)c2)[C@@H]1C(Cl)C(Cl)(Br)Br. The number of rotatable bonds is 7. The fourth-order valence-electron chi connectivity index (χ4n) is 3.60. The van der Waals surface area contributed by atoms with E-state index < -0.39 is 31.5 Å². The van der Waals surface area contributed by atoms with Crippen molar-refractivity contribution in [1.82, 2.24) is 0 Å². The molecular weight excluding hydrogens is 557 g/mol. The van der Waals surface area contributed by atoms with Crippen LogP contribution in [0.3, 0.4) is 0 Å². The van der Waals surface area contributed by atoms with Crippen LogP contribution >= 0.6 is 55.1 Å². The molecular formula is C22H19Br2Cl2NO3. The van der Waals surface area contributed by atoms with Crippen molar-refractivity contribution in [3.8, 4) is 17.6 Å². The third-order valence-corrected chi connectivity index (χ3v) is 7.74. The van der Waals surface area contributed by atoms with Gasteiger partial charge in [-0.1, -0.05) is 87.6 Å². The van der Waals surface area contributed by atoms with Gasteiger partial charge >= 0.3 is 5.97 Å². The van der Waals surface area contributed by atoms with Crippen molar-refractivity contribution < 1.29 is 14.3 Å². The average molecular weight is 576 g/mol. The van der Waals surface area contributed by atoms with Crippen LogP contribution in [0, 0.1) is 28.6 Å². The summed E-state index contributed by atoms with van der Waals surface area (Å²) in [6.07, 6.45) is -1.06. The van der Waals surface area contributed by atoms with Crippen LogP contribution in [0.5, 0.6) is 11.5 Å². The van der Waals surface area contributed by atoms with Gasteiger partial charge in [-0.2, -0.15) is 5.26 Å². The van der Waals surface area contributed by atoms with Gasteiger partial charge in [0.25, 0.3) is 0 Å². The number of halogens is 4. The van der Waals surface area contributed by atoms with Crippen LogP contribution in [-0.2, 0) is 9.53 Å². The number of carbonyl (C=O) groups is 1. The molecule has 0 N–H and O–H groups in total. The highest BCUT2D eigenvalue weighted by Crippen LogP contribution is 2.65. The summed E-state index contributed by atoms with van der Waals surface area (Å²) in [5, 5.41) is 9.06. The first-order valence-electron chi connectivity index (χ1n) is 9.19. The van der Waals surface area contributed by atoms with Crippen LogP contribution in [0.25, 0.3) is 0 Å². The molecule has 1 fully saturated rings. The number of hydrogen-bond acceptors (Lipinski definition) is 4. The Labute approximate surface area is 202 Å². The summed E-state index contributed by atoms with van der Waals surface area (Å²) < 4.78 is 10.3. The number of para-hydroxylation sites is 1. The molecule has 3 rings (SSSR count). The summed E-state index contributed by atoms with van der Waals surface area (Å²) in [7, 11) is 0. The maximum absolute atomic E-state index is 12.8. The summed E-state index contributed by atoms with van der Waals surface area (Å²) in [6, 6.07) is 18.3. The van der Waals surface area contributed by atoms with Crippen LogP contribution < -0.4 is 4.74 Å². The summed E-state index contributed by atoms with van der Waals surface area (Å²) in [5.41, 5.74) is 0.132. The molecule has 0 heterocycles. The number of nitriles is 1. The fraction of sp³-hybridized carbons (Fsp3) is 0.364. The zero-order valence-electron chi connectivity index (χ0n) is 16.2. The smallest absolute Gasteiger partial charge is 0.311 e. The van der Waals surface area contributed by atoms with Crippen LogP contribution in [0.4, 0.5) is 0 Å². The van der Waals surface area contributed by atoms with Gasteiger partial charge in [0, 0.05) is 5.56 Å². The lowest BCUT2D eigenvalue weighted by molar-refractivity contribution is -0.149. The molecule has 0 amide bonds. The van der Waals surface area contributed by atoms with E-state index in [0.29, 0.717) is 17.1 Å². The van der Waals surface area contributed by atoms with Crippen molar-refractivity contribution in [2.24, 2.45) is 17.3 Å². The molecule has 8 heteroatoms. The van der Waals surface area contributed by atoms with E-state index in [-0.39, 0.29) is 5.92 Å². The Morgan fingerprint density at radius 2 is 1.80 bits per heavy atom. The van der Waals surface area contributed by atoms with Crippen molar-refractivity contribution >= 4 is 61.0 Å². The highest BCUT2D eigenvalue weighted by atomic mass is 79.9. The van der Waals surface area contributed by atoms with Crippen molar-refractivity contribution in [2.75, 3.05) is 0 Å². The topological polar surface area (TPSA) is 59.3 Å². The average Bonchev–Trinajstić information content (AvgIpc) is 3.27. The molecule has 0 bridgehead atoms. The molecule has 0 radical (unpaired) electrons. The monoisotopic (exact) mass is 573 g/mol. The van der Waals surface area contributed by atoms with Crippen molar-refractivity contribution in [3.63, 3.8) is 0 Å². The second-order valence-corrected chi connectivity index (χ2v) is 13.2.